The predicted molar refractivity (Wildman–Crippen MR) is 113 cm³/mol. The molecule has 0 atom stereocenters. The smallest absolute Gasteiger partial charge is 0.305 e. The third-order valence-corrected chi connectivity index (χ3v) is 4.34. The van der Waals surface area contributed by atoms with E-state index >= 15 is 0 Å². The van der Waals surface area contributed by atoms with E-state index in [2.05, 4.69) is 19.5 Å². The van der Waals surface area contributed by atoms with E-state index in [-0.39, 0.29) is 35.8 Å². The van der Waals surface area contributed by atoms with Crippen LogP contribution in [0.15, 0.2) is 29.3 Å². The van der Waals surface area contributed by atoms with E-state index in [0.29, 0.717) is 18.9 Å². The van der Waals surface area contributed by atoms with Gasteiger partial charge in [-0.05, 0) is 37.1 Å². The van der Waals surface area contributed by atoms with Gasteiger partial charge in [-0.25, -0.2) is 4.39 Å². The minimum Gasteiger partial charge on any atom is -0.469 e. The molecule has 1 fully saturated rings. The number of anilines is 1. The van der Waals surface area contributed by atoms with Crippen molar-refractivity contribution in [1.29, 1.82) is 0 Å². The number of unbranched alkanes of at least 4 members (excludes halogenated alkanes) is 2. The first-order chi connectivity index (χ1) is 12.1. The zero-order chi connectivity index (χ0) is 18.1. The molecule has 0 unspecified atom stereocenters. The van der Waals surface area contributed by atoms with Gasteiger partial charge in [0.15, 0.2) is 5.96 Å². The zero-order valence-electron chi connectivity index (χ0n) is 15.2. The second kappa shape index (κ2) is 11.9. The van der Waals surface area contributed by atoms with Crippen LogP contribution in [0.5, 0.6) is 0 Å². The van der Waals surface area contributed by atoms with Crippen LogP contribution in [0.4, 0.5) is 10.1 Å². The molecular formula is C18H28FIN4O2. The number of ether oxygens (including phenoxy) is 1. The number of nitrogens with two attached hydrogens (primary N) is 1. The molecule has 1 aromatic carbocycles. The monoisotopic (exact) mass is 478 g/mol. The van der Waals surface area contributed by atoms with Gasteiger partial charge >= 0.3 is 5.97 Å². The number of hydrogen-bond donors (Lipinski definition) is 1. The molecule has 0 amide bonds. The van der Waals surface area contributed by atoms with E-state index in [4.69, 9.17) is 5.73 Å². The Bertz CT molecular complexity index is 575. The molecule has 0 aliphatic carbocycles. The van der Waals surface area contributed by atoms with Crippen molar-refractivity contribution in [3.63, 3.8) is 0 Å². The molecule has 0 radical (unpaired) electrons. The molecule has 1 aliphatic rings. The average molecular weight is 478 g/mol. The highest BCUT2D eigenvalue weighted by Gasteiger charge is 2.18. The predicted octanol–water partition coefficient (Wildman–Crippen LogP) is 2.61. The van der Waals surface area contributed by atoms with Gasteiger partial charge < -0.3 is 20.3 Å². The van der Waals surface area contributed by atoms with Gasteiger partial charge in [-0.3, -0.25) is 9.79 Å². The maximum absolute atomic E-state index is 13.0. The Labute approximate surface area is 171 Å². The van der Waals surface area contributed by atoms with Crippen molar-refractivity contribution in [2.75, 3.05) is 44.7 Å². The van der Waals surface area contributed by atoms with Crippen LogP contribution >= 0.6 is 24.0 Å². The summed E-state index contributed by atoms with van der Waals surface area (Å²) in [6.07, 6.45) is 3.12. The number of rotatable bonds is 7. The number of methoxy groups -OCH3 is 1. The van der Waals surface area contributed by atoms with E-state index in [9.17, 15) is 9.18 Å². The van der Waals surface area contributed by atoms with E-state index in [0.717, 1.165) is 51.1 Å². The number of carbonyl (C=O) groups is 1. The van der Waals surface area contributed by atoms with Gasteiger partial charge in [-0.15, -0.1) is 24.0 Å². The SMILES string of the molecule is COC(=O)CCCCCN=C(N)N1CCN(c2ccc(F)cc2)CC1.I. The third kappa shape index (κ3) is 7.35. The van der Waals surface area contributed by atoms with Crippen molar-refractivity contribution < 1.29 is 13.9 Å². The Morgan fingerprint density at radius 1 is 1.15 bits per heavy atom. The van der Waals surface area contributed by atoms with Gasteiger partial charge in [-0.2, -0.15) is 0 Å². The van der Waals surface area contributed by atoms with Crippen LogP contribution in [-0.2, 0) is 9.53 Å². The molecule has 1 aliphatic heterocycles. The largest absolute Gasteiger partial charge is 0.469 e. The van der Waals surface area contributed by atoms with Crippen molar-refractivity contribution >= 4 is 41.6 Å². The van der Waals surface area contributed by atoms with E-state index < -0.39 is 0 Å². The van der Waals surface area contributed by atoms with Crippen LogP contribution in [0.2, 0.25) is 0 Å². The molecule has 0 aromatic heterocycles. The number of hydrogen-bond acceptors (Lipinski definition) is 4. The van der Waals surface area contributed by atoms with Gasteiger partial charge in [0.25, 0.3) is 0 Å². The molecule has 2 N–H and O–H groups in total. The lowest BCUT2D eigenvalue weighted by Gasteiger charge is -2.36. The number of esters is 1. The van der Waals surface area contributed by atoms with Gasteiger partial charge in [-0.1, -0.05) is 6.42 Å². The molecule has 1 aromatic rings. The first-order valence-corrected chi connectivity index (χ1v) is 8.72. The fourth-order valence-electron chi connectivity index (χ4n) is 2.80. The van der Waals surface area contributed by atoms with Crippen molar-refractivity contribution in [2.45, 2.75) is 25.7 Å². The molecule has 1 saturated heterocycles. The lowest BCUT2D eigenvalue weighted by Crippen LogP contribution is -2.51. The lowest BCUT2D eigenvalue weighted by molar-refractivity contribution is -0.140. The van der Waals surface area contributed by atoms with Gasteiger partial charge in [0.1, 0.15) is 5.82 Å². The summed E-state index contributed by atoms with van der Waals surface area (Å²) in [6.45, 7) is 3.94. The van der Waals surface area contributed by atoms with Gasteiger partial charge in [0, 0.05) is 44.8 Å². The third-order valence-electron chi connectivity index (χ3n) is 4.34. The number of carbonyl (C=O) groups excluding carboxylic acids is 1. The molecule has 6 nitrogen and oxygen atoms in total. The summed E-state index contributed by atoms with van der Waals surface area (Å²) in [5, 5.41) is 0. The summed E-state index contributed by atoms with van der Waals surface area (Å²) in [7, 11) is 1.41. The molecule has 0 bridgehead atoms. The summed E-state index contributed by atoms with van der Waals surface area (Å²) in [6, 6.07) is 6.57. The molecule has 0 saturated carbocycles. The Hall–Kier alpha value is -1.58. The summed E-state index contributed by atoms with van der Waals surface area (Å²) in [5.41, 5.74) is 7.10. The second-order valence-corrected chi connectivity index (χ2v) is 6.08. The molecule has 1 heterocycles. The minimum absolute atomic E-state index is 0. The van der Waals surface area contributed by atoms with Crippen LogP contribution in [0, 0.1) is 5.82 Å². The highest BCUT2D eigenvalue weighted by molar-refractivity contribution is 14.0. The average Bonchev–Trinajstić information content (AvgIpc) is 2.65. The number of piperazine rings is 1. The summed E-state index contributed by atoms with van der Waals surface area (Å²) >= 11 is 0. The summed E-state index contributed by atoms with van der Waals surface area (Å²) in [4.78, 5) is 19.7. The Morgan fingerprint density at radius 3 is 2.42 bits per heavy atom. The normalized spacial score (nSPS) is 14.8. The van der Waals surface area contributed by atoms with Crippen molar-refractivity contribution in [1.82, 2.24) is 4.90 Å². The Kier molecular flexibility index (Phi) is 10.3. The quantitative estimate of drug-likeness (QED) is 0.215. The van der Waals surface area contributed by atoms with Crippen LogP contribution in [0.25, 0.3) is 0 Å². The standard InChI is InChI=1S/C18H27FN4O2.HI/c1-25-17(24)5-3-2-4-10-21-18(20)23-13-11-22(12-14-23)16-8-6-15(19)7-9-16;/h6-9H,2-5,10-14H2,1H3,(H2,20,21);1H. The van der Waals surface area contributed by atoms with Crippen LogP contribution in [-0.4, -0.2) is 56.7 Å². The number of nitrogens with zero attached hydrogens (tertiary/aromatic N) is 3. The van der Waals surface area contributed by atoms with Crippen LogP contribution in [0.1, 0.15) is 25.7 Å². The maximum Gasteiger partial charge on any atom is 0.305 e. The highest BCUT2D eigenvalue weighted by Crippen LogP contribution is 2.16. The highest BCUT2D eigenvalue weighted by atomic mass is 127. The number of halogens is 2. The molecule has 0 spiro atoms. The topological polar surface area (TPSA) is 71.2 Å². The molecule has 8 heteroatoms. The minimum atomic E-state index is -0.217. The first kappa shape index (κ1) is 22.5. The van der Waals surface area contributed by atoms with Crippen LogP contribution in [0.3, 0.4) is 0 Å². The van der Waals surface area contributed by atoms with Crippen molar-refractivity contribution in [2.24, 2.45) is 10.7 Å². The van der Waals surface area contributed by atoms with Gasteiger partial charge in [0.2, 0.25) is 0 Å². The fraction of sp³-hybridized carbons (Fsp3) is 0.556. The summed E-state index contributed by atoms with van der Waals surface area (Å²) < 4.78 is 17.6. The number of guanidine groups is 1. The van der Waals surface area contributed by atoms with Crippen LogP contribution < -0.4 is 10.6 Å². The Morgan fingerprint density at radius 2 is 1.81 bits per heavy atom. The van der Waals surface area contributed by atoms with E-state index in [1.807, 2.05) is 0 Å². The second-order valence-electron chi connectivity index (χ2n) is 6.08. The molecule has 146 valence electrons. The van der Waals surface area contributed by atoms with Crippen molar-refractivity contribution in [3.05, 3.63) is 30.1 Å². The maximum atomic E-state index is 13.0. The lowest BCUT2D eigenvalue weighted by atomic mass is 10.2. The molecule has 26 heavy (non-hydrogen) atoms. The van der Waals surface area contributed by atoms with E-state index in [1.54, 1.807) is 12.1 Å². The number of aliphatic imine (C=N–C) groups is 1. The first-order valence-electron chi connectivity index (χ1n) is 8.72. The summed E-state index contributed by atoms with van der Waals surface area (Å²) in [5.74, 6) is 0.194. The fourth-order valence-corrected chi connectivity index (χ4v) is 2.80. The zero-order valence-corrected chi connectivity index (χ0v) is 17.5. The van der Waals surface area contributed by atoms with Gasteiger partial charge in [0.05, 0.1) is 7.11 Å². The molecule has 2 rings (SSSR count). The number of benzene rings is 1. The van der Waals surface area contributed by atoms with Crippen molar-refractivity contribution in [3.8, 4) is 0 Å². The van der Waals surface area contributed by atoms with E-state index in [1.165, 1.54) is 19.2 Å². The Balaban J connectivity index is 0.00000338. The molecular weight excluding hydrogens is 450 g/mol.